The second-order valence-corrected chi connectivity index (χ2v) is 29.2. The predicted octanol–water partition coefficient (Wildman–Crippen LogP) is 26.0. The van der Waals surface area contributed by atoms with E-state index in [1.165, 1.54) is 87.3 Å². The smallest absolute Gasteiger partial charge is 0.234 e. The highest BCUT2D eigenvalue weighted by Crippen LogP contribution is 2.45. The van der Waals surface area contributed by atoms with Crippen molar-refractivity contribution < 1.29 is 0 Å². The molecular formula is C105H67N11. The topological polar surface area (TPSA) is 110 Å². The Hall–Kier alpha value is -15.9. The van der Waals surface area contributed by atoms with Gasteiger partial charge in [0.2, 0.25) is 5.95 Å². The molecule has 0 atom stereocenters. The van der Waals surface area contributed by atoms with Gasteiger partial charge in [-0.15, -0.1) is 0 Å². The Morgan fingerprint density at radius 1 is 0.181 bits per heavy atom. The molecule has 7 heterocycles. The minimum absolute atomic E-state index is 0.512. The maximum atomic E-state index is 5.14. The van der Waals surface area contributed by atoms with E-state index < -0.39 is 0 Å². The van der Waals surface area contributed by atoms with E-state index in [4.69, 9.17) is 34.9 Å². The largest absolute Gasteiger partial charge is 0.309 e. The van der Waals surface area contributed by atoms with Gasteiger partial charge >= 0.3 is 0 Å². The van der Waals surface area contributed by atoms with Crippen LogP contribution in [0.4, 0.5) is 0 Å². The number of fused-ring (bicyclic) bond motifs is 13. The first kappa shape index (κ1) is 67.1. The third-order valence-electron chi connectivity index (χ3n) is 22.4. The lowest BCUT2D eigenvalue weighted by Crippen LogP contribution is -2.03. The monoisotopic (exact) mass is 1480 g/mol. The first-order valence-corrected chi connectivity index (χ1v) is 39.0. The Labute approximate surface area is 667 Å². The molecule has 116 heavy (non-hydrogen) atoms. The minimum Gasteiger partial charge on any atom is -0.309 e. The van der Waals surface area contributed by atoms with E-state index in [0.717, 1.165) is 89.2 Å². The van der Waals surface area contributed by atoms with Crippen LogP contribution in [0.1, 0.15) is 0 Å². The molecule has 0 aliphatic heterocycles. The SMILES string of the molecule is c1ccc(-c2nc(-c3ccc(-n4c5ccccc5c5c(-c6ccc7c(c6)c6ccccc6n7-c6ccccc6)cccc54)cc3)cc(-c3ccc4ccccc4c3)n2)cc1.c1ccc(-c2nc(-c3ccccc3)nc(-c3cnc(-n4c5ccccc5c5c(-c6ccc7c(c6)c6ccccc6n7-c6ccccc6)cccc54)nc3)n2)cc1. The average Bonchev–Trinajstić information content (AvgIpc) is 1.57. The number of aromatic nitrogens is 11. The lowest BCUT2D eigenvalue weighted by atomic mass is 9.98. The van der Waals surface area contributed by atoms with Gasteiger partial charge < -0.3 is 13.7 Å². The number of benzene rings is 16. The molecule has 11 nitrogen and oxygen atoms in total. The molecule has 7 aromatic heterocycles. The summed E-state index contributed by atoms with van der Waals surface area (Å²) >= 11 is 0. The second kappa shape index (κ2) is 28.2. The van der Waals surface area contributed by atoms with Crippen LogP contribution in [0, 0.1) is 0 Å². The van der Waals surface area contributed by atoms with Crippen molar-refractivity contribution in [2.24, 2.45) is 0 Å². The Morgan fingerprint density at radius 2 is 0.526 bits per heavy atom. The van der Waals surface area contributed by atoms with Crippen LogP contribution in [0.3, 0.4) is 0 Å². The zero-order valence-corrected chi connectivity index (χ0v) is 62.6. The summed E-state index contributed by atoms with van der Waals surface area (Å²) in [4.78, 5) is 34.8. The third kappa shape index (κ3) is 11.6. The van der Waals surface area contributed by atoms with Crippen LogP contribution in [0.2, 0.25) is 0 Å². The molecule has 0 saturated heterocycles. The lowest BCUT2D eigenvalue weighted by molar-refractivity contribution is 0.982. The standard InChI is InChI=1S/C56H36N4.C49H31N7/c1-3-15-39(16-4-1)56-57-49(36-50(58-56)42-27-26-37-14-7-8-17-40(37)34-42)38-28-31-44(32-29-38)60-52-24-12-10-21-47(52)55-45(22-13-25-54(55)60)41-30-33-53-48(35-41)46-20-9-11-23-51(46)59(53)43-18-5-2-6-19-43;1-4-15-32(16-5-1)46-52-47(33-17-6-2-7-18-33)54-48(53-46)35-30-50-49(51-31-35)56-42-25-13-11-22-39(42)45-37(23-14-26-44(45)56)34-27-28-43-40(29-34)38-21-10-12-24-41(38)55(43)36-19-8-3-9-20-36/h1-36H;1-31H. The molecule has 11 heteroatoms. The Morgan fingerprint density at radius 3 is 1.03 bits per heavy atom. The molecule has 0 N–H and O–H groups in total. The summed E-state index contributed by atoms with van der Waals surface area (Å²) in [6.07, 6.45) is 3.62. The van der Waals surface area contributed by atoms with Gasteiger partial charge in [0.1, 0.15) is 0 Å². The second-order valence-electron chi connectivity index (χ2n) is 29.2. The normalized spacial score (nSPS) is 11.6. The minimum atomic E-state index is 0.512. The quantitative estimate of drug-likeness (QED) is 0.120. The number of para-hydroxylation sites is 6. The first-order valence-electron chi connectivity index (χ1n) is 39.0. The zero-order valence-electron chi connectivity index (χ0n) is 62.6. The summed E-state index contributed by atoms with van der Waals surface area (Å²) in [5.41, 5.74) is 24.7. The van der Waals surface area contributed by atoms with Crippen LogP contribution in [0.5, 0.6) is 0 Å². The molecule has 0 bridgehead atoms. The molecule has 23 aromatic rings. The van der Waals surface area contributed by atoms with Crippen LogP contribution in [-0.4, -0.2) is 53.2 Å². The Bertz CT molecular complexity index is 7670. The first-order chi connectivity index (χ1) is 57.5. The van der Waals surface area contributed by atoms with Gasteiger partial charge in [-0.25, -0.2) is 34.9 Å². The highest BCUT2D eigenvalue weighted by Gasteiger charge is 2.24. The van der Waals surface area contributed by atoms with Gasteiger partial charge in [-0.3, -0.25) is 4.57 Å². The van der Waals surface area contributed by atoms with E-state index in [-0.39, 0.29) is 0 Å². The van der Waals surface area contributed by atoms with Crippen molar-refractivity contribution in [3.8, 4) is 113 Å². The van der Waals surface area contributed by atoms with E-state index >= 15 is 0 Å². The van der Waals surface area contributed by atoms with Gasteiger partial charge in [-0.05, 0) is 142 Å². The molecule has 0 aliphatic carbocycles. The Balaban J connectivity index is 0.000000141. The zero-order chi connectivity index (χ0) is 76.6. The van der Waals surface area contributed by atoms with Crippen LogP contribution in [-0.2, 0) is 0 Å². The van der Waals surface area contributed by atoms with E-state index in [1.807, 2.05) is 91.3 Å². The molecular weight excluding hydrogens is 1420 g/mol. The molecule has 0 aliphatic rings. The summed E-state index contributed by atoms with van der Waals surface area (Å²) in [7, 11) is 0. The van der Waals surface area contributed by atoms with Crippen molar-refractivity contribution in [3.05, 3.63) is 407 Å². The summed E-state index contributed by atoms with van der Waals surface area (Å²) in [6.45, 7) is 0. The fourth-order valence-corrected chi connectivity index (χ4v) is 17.1. The highest BCUT2D eigenvalue weighted by molar-refractivity contribution is 6.19. The summed E-state index contributed by atoms with van der Waals surface area (Å²) in [6, 6.07) is 139. The molecule has 542 valence electrons. The summed E-state index contributed by atoms with van der Waals surface area (Å²) < 4.78 is 9.27. The van der Waals surface area contributed by atoms with Crippen LogP contribution in [0.15, 0.2) is 407 Å². The lowest BCUT2D eigenvalue weighted by Gasteiger charge is -2.12. The maximum Gasteiger partial charge on any atom is 0.234 e. The molecule has 0 spiro atoms. The highest BCUT2D eigenvalue weighted by atomic mass is 15.2. The number of hydrogen-bond donors (Lipinski definition) is 0. The van der Waals surface area contributed by atoms with Crippen LogP contribution < -0.4 is 0 Å². The van der Waals surface area contributed by atoms with Gasteiger partial charge in [0.15, 0.2) is 23.3 Å². The van der Waals surface area contributed by atoms with Crippen molar-refractivity contribution in [1.82, 2.24) is 53.2 Å². The van der Waals surface area contributed by atoms with Crippen molar-refractivity contribution in [2.75, 3.05) is 0 Å². The molecule has 0 unspecified atom stereocenters. The fourth-order valence-electron chi connectivity index (χ4n) is 17.1. The molecule has 23 rings (SSSR count). The van der Waals surface area contributed by atoms with Gasteiger partial charge in [-0.2, -0.15) is 0 Å². The third-order valence-corrected chi connectivity index (χ3v) is 22.4. The van der Waals surface area contributed by atoms with Crippen molar-refractivity contribution in [3.63, 3.8) is 0 Å². The predicted molar refractivity (Wildman–Crippen MR) is 476 cm³/mol. The number of rotatable bonds is 12. The van der Waals surface area contributed by atoms with Crippen molar-refractivity contribution in [2.45, 2.75) is 0 Å². The van der Waals surface area contributed by atoms with E-state index in [2.05, 4.69) is 334 Å². The molecule has 0 fully saturated rings. The molecule has 16 aromatic carbocycles. The molecule has 0 amide bonds. The van der Waals surface area contributed by atoms with Crippen LogP contribution in [0.25, 0.3) is 211 Å². The van der Waals surface area contributed by atoms with Gasteiger partial charge in [0.05, 0.1) is 61.1 Å². The van der Waals surface area contributed by atoms with Gasteiger partial charge in [0.25, 0.3) is 0 Å². The average molecular weight is 1480 g/mol. The van der Waals surface area contributed by atoms with Crippen molar-refractivity contribution in [1.29, 1.82) is 0 Å². The van der Waals surface area contributed by atoms with E-state index in [1.54, 1.807) is 0 Å². The molecule has 0 saturated carbocycles. The maximum absolute atomic E-state index is 5.14. The van der Waals surface area contributed by atoms with E-state index in [9.17, 15) is 0 Å². The van der Waals surface area contributed by atoms with Crippen LogP contribution >= 0.6 is 0 Å². The summed E-state index contributed by atoms with van der Waals surface area (Å²) in [5.74, 6) is 2.97. The number of hydrogen-bond acceptors (Lipinski definition) is 7. The van der Waals surface area contributed by atoms with Gasteiger partial charge in [0, 0.05) is 100 Å². The Kier molecular flexibility index (Phi) is 16.3. The van der Waals surface area contributed by atoms with Gasteiger partial charge in [-0.1, -0.05) is 285 Å². The summed E-state index contributed by atoms with van der Waals surface area (Å²) in [5, 5.41) is 12.1. The molecule has 0 radical (unpaired) electrons. The van der Waals surface area contributed by atoms with Crippen molar-refractivity contribution >= 4 is 98.0 Å². The fraction of sp³-hybridized carbons (Fsp3) is 0. The van der Waals surface area contributed by atoms with E-state index in [0.29, 0.717) is 34.8 Å². The number of nitrogens with zero attached hydrogens (tertiary/aromatic N) is 11.